The minimum Gasteiger partial charge on any atom is -0.359 e. The molecule has 0 bridgehead atoms. The molecule has 1 aromatic rings. The summed E-state index contributed by atoms with van der Waals surface area (Å²) in [4.78, 5) is 9.25. The van der Waals surface area contributed by atoms with Crippen LogP contribution in [0.15, 0.2) is 15.6 Å². The Balaban J connectivity index is 1.60. The first-order chi connectivity index (χ1) is 13.2. The molecule has 7 heteroatoms. The minimum atomic E-state index is 0.486. The molecule has 0 atom stereocenters. The fourth-order valence-electron chi connectivity index (χ4n) is 3.44. The lowest BCUT2D eigenvalue weighted by molar-refractivity contribution is 0.152. The predicted octanol–water partition coefficient (Wildman–Crippen LogP) is 2.27. The molecular weight excluding hydrogens is 340 g/mol. The van der Waals surface area contributed by atoms with Gasteiger partial charge >= 0.3 is 0 Å². The predicted molar refractivity (Wildman–Crippen MR) is 111 cm³/mol. The highest BCUT2D eigenvalue weighted by molar-refractivity contribution is 5.79. The van der Waals surface area contributed by atoms with Crippen LogP contribution in [-0.4, -0.2) is 74.3 Å². The quantitative estimate of drug-likeness (QED) is 0.370. The van der Waals surface area contributed by atoms with Crippen LogP contribution in [0.2, 0.25) is 0 Å². The monoisotopic (exact) mass is 378 g/mol. The van der Waals surface area contributed by atoms with Crippen molar-refractivity contribution in [1.82, 2.24) is 25.6 Å². The van der Waals surface area contributed by atoms with Gasteiger partial charge in [0, 0.05) is 51.8 Å². The zero-order valence-electron chi connectivity index (χ0n) is 17.6. The molecule has 2 heterocycles. The van der Waals surface area contributed by atoms with Crippen LogP contribution < -0.4 is 10.6 Å². The van der Waals surface area contributed by atoms with E-state index in [2.05, 4.69) is 57.5 Å². The molecule has 2 rings (SSSR count). The Morgan fingerprint density at radius 3 is 2.59 bits per heavy atom. The molecule has 0 amide bonds. The van der Waals surface area contributed by atoms with E-state index in [1.54, 1.807) is 7.05 Å². The van der Waals surface area contributed by atoms with Gasteiger partial charge in [-0.25, -0.2) is 0 Å². The van der Waals surface area contributed by atoms with Gasteiger partial charge in [-0.15, -0.1) is 0 Å². The van der Waals surface area contributed by atoms with Gasteiger partial charge in [-0.3, -0.25) is 4.99 Å². The van der Waals surface area contributed by atoms with Crippen LogP contribution in [0.25, 0.3) is 0 Å². The summed E-state index contributed by atoms with van der Waals surface area (Å²) in [5.41, 5.74) is 1.06. The van der Waals surface area contributed by atoms with Crippen molar-refractivity contribution in [3.05, 3.63) is 17.5 Å². The Morgan fingerprint density at radius 2 is 1.93 bits per heavy atom. The maximum absolute atomic E-state index is 5.46. The summed E-state index contributed by atoms with van der Waals surface area (Å²) < 4.78 is 5.46. The van der Waals surface area contributed by atoms with Gasteiger partial charge in [0.05, 0.1) is 12.2 Å². The van der Waals surface area contributed by atoms with E-state index in [1.165, 1.54) is 39.1 Å². The number of aromatic nitrogens is 1. The fraction of sp³-hybridized carbons (Fsp3) is 0.800. The highest BCUT2D eigenvalue weighted by atomic mass is 16.5. The average molecular weight is 379 g/mol. The molecule has 7 nitrogen and oxygen atoms in total. The van der Waals surface area contributed by atoms with Crippen molar-refractivity contribution in [2.75, 3.05) is 53.4 Å². The van der Waals surface area contributed by atoms with Crippen molar-refractivity contribution in [3.8, 4) is 0 Å². The molecule has 0 aromatic carbocycles. The molecule has 27 heavy (non-hydrogen) atoms. The topological polar surface area (TPSA) is 68.9 Å². The van der Waals surface area contributed by atoms with E-state index in [4.69, 9.17) is 4.52 Å². The zero-order chi connectivity index (χ0) is 19.5. The largest absolute Gasteiger partial charge is 0.359 e. The van der Waals surface area contributed by atoms with E-state index in [9.17, 15) is 0 Å². The number of hydrogen-bond acceptors (Lipinski definition) is 5. The fourth-order valence-corrected chi connectivity index (χ4v) is 3.44. The maximum atomic E-state index is 5.46. The second-order valence-corrected chi connectivity index (χ2v) is 7.44. The number of piperazine rings is 1. The van der Waals surface area contributed by atoms with Crippen molar-refractivity contribution in [2.24, 2.45) is 4.99 Å². The molecule has 0 unspecified atom stereocenters. The van der Waals surface area contributed by atoms with Crippen molar-refractivity contribution >= 4 is 5.96 Å². The Kier molecular flexibility index (Phi) is 9.62. The molecule has 0 spiro atoms. The van der Waals surface area contributed by atoms with E-state index < -0.39 is 0 Å². The molecule has 0 aliphatic carbocycles. The second kappa shape index (κ2) is 12.0. The Hall–Kier alpha value is -1.60. The molecule has 1 aromatic heterocycles. The van der Waals surface area contributed by atoms with Gasteiger partial charge in [-0.1, -0.05) is 19.0 Å². The van der Waals surface area contributed by atoms with Gasteiger partial charge in [0.25, 0.3) is 0 Å². The van der Waals surface area contributed by atoms with Gasteiger partial charge in [0.15, 0.2) is 11.7 Å². The van der Waals surface area contributed by atoms with Gasteiger partial charge in [0.1, 0.15) is 0 Å². The van der Waals surface area contributed by atoms with Gasteiger partial charge in [0.2, 0.25) is 0 Å². The van der Waals surface area contributed by atoms with Gasteiger partial charge < -0.3 is 25.0 Å². The lowest BCUT2D eigenvalue weighted by Gasteiger charge is -2.32. The summed E-state index contributed by atoms with van der Waals surface area (Å²) in [7, 11) is 4.00. The molecule has 0 radical (unpaired) electrons. The molecule has 154 valence electrons. The average Bonchev–Trinajstić information content (AvgIpc) is 3.15. The number of nitrogens with one attached hydrogen (secondary N) is 2. The van der Waals surface area contributed by atoms with E-state index in [0.29, 0.717) is 12.5 Å². The smallest absolute Gasteiger partial charge is 0.191 e. The summed E-state index contributed by atoms with van der Waals surface area (Å²) in [5.74, 6) is 2.16. The maximum Gasteiger partial charge on any atom is 0.191 e. The molecular formula is C20H38N6O. The molecule has 1 saturated heterocycles. The Labute approximate surface area is 164 Å². The Bertz CT molecular complexity index is 546. The normalized spacial score (nSPS) is 16.9. The molecule has 2 N–H and O–H groups in total. The summed E-state index contributed by atoms with van der Waals surface area (Å²) >= 11 is 0. The number of unbranched alkanes of at least 4 members (excludes halogenated alkanes) is 1. The SMILES string of the molecule is CCC(CC)c1cc(CNC(=NC)NCCCCN2CCN(C)CC2)on1. The lowest BCUT2D eigenvalue weighted by Crippen LogP contribution is -2.44. The third kappa shape index (κ3) is 7.50. The number of aliphatic imine (C=N–C) groups is 1. The first-order valence-corrected chi connectivity index (χ1v) is 10.5. The van der Waals surface area contributed by atoms with Crippen LogP contribution in [0.3, 0.4) is 0 Å². The van der Waals surface area contributed by atoms with E-state index >= 15 is 0 Å². The third-order valence-electron chi connectivity index (χ3n) is 5.42. The number of likely N-dealkylation sites (N-methyl/N-ethyl adjacent to an activating group) is 1. The first kappa shape index (κ1) is 21.7. The van der Waals surface area contributed by atoms with Crippen molar-refractivity contribution < 1.29 is 4.52 Å². The van der Waals surface area contributed by atoms with E-state index in [0.717, 1.165) is 43.2 Å². The molecule has 1 aliphatic rings. The van der Waals surface area contributed by atoms with Crippen LogP contribution in [0.1, 0.15) is 56.9 Å². The number of guanidine groups is 1. The molecule has 1 aliphatic heterocycles. The standard InChI is InChI=1S/C20H38N6O/c1-5-17(6-2)19-15-18(27-24-19)16-23-20(21-3)22-9-7-8-10-26-13-11-25(4)12-14-26/h15,17H,5-14,16H2,1-4H3,(H2,21,22,23). The van der Waals surface area contributed by atoms with Crippen LogP contribution >= 0.6 is 0 Å². The number of rotatable bonds is 10. The van der Waals surface area contributed by atoms with Gasteiger partial charge in [-0.05, 0) is 39.3 Å². The van der Waals surface area contributed by atoms with Crippen LogP contribution in [0, 0.1) is 0 Å². The number of nitrogens with zero attached hydrogens (tertiary/aromatic N) is 4. The first-order valence-electron chi connectivity index (χ1n) is 10.5. The summed E-state index contributed by atoms with van der Waals surface area (Å²) in [6.45, 7) is 11.9. The van der Waals surface area contributed by atoms with E-state index in [1.807, 2.05) is 0 Å². The minimum absolute atomic E-state index is 0.486. The number of hydrogen-bond donors (Lipinski definition) is 2. The van der Waals surface area contributed by atoms with Crippen molar-refractivity contribution in [3.63, 3.8) is 0 Å². The summed E-state index contributed by atoms with van der Waals surface area (Å²) in [5, 5.41) is 10.9. The molecule has 1 fully saturated rings. The highest BCUT2D eigenvalue weighted by Crippen LogP contribution is 2.22. The van der Waals surface area contributed by atoms with Gasteiger partial charge in [-0.2, -0.15) is 0 Å². The van der Waals surface area contributed by atoms with Crippen LogP contribution in [0.5, 0.6) is 0 Å². The Morgan fingerprint density at radius 1 is 1.19 bits per heavy atom. The molecule has 0 saturated carbocycles. The highest BCUT2D eigenvalue weighted by Gasteiger charge is 2.14. The van der Waals surface area contributed by atoms with Crippen LogP contribution in [0.4, 0.5) is 0 Å². The summed E-state index contributed by atoms with van der Waals surface area (Å²) in [6, 6.07) is 2.06. The third-order valence-corrected chi connectivity index (χ3v) is 5.42. The summed E-state index contributed by atoms with van der Waals surface area (Å²) in [6.07, 6.45) is 4.54. The van der Waals surface area contributed by atoms with E-state index in [-0.39, 0.29) is 0 Å². The van der Waals surface area contributed by atoms with Crippen molar-refractivity contribution in [1.29, 1.82) is 0 Å². The van der Waals surface area contributed by atoms with Crippen LogP contribution in [-0.2, 0) is 6.54 Å². The van der Waals surface area contributed by atoms with Crippen molar-refractivity contribution in [2.45, 2.75) is 52.0 Å². The zero-order valence-corrected chi connectivity index (χ0v) is 17.6. The lowest BCUT2D eigenvalue weighted by atomic mass is 9.99. The second-order valence-electron chi connectivity index (χ2n) is 7.44.